The van der Waals surface area contributed by atoms with Gasteiger partial charge in [-0.1, -0.05) is 66.2 Å². The van der Waals surface area contributed by atoms with E-state index in [1.165, 1.54) is 0 Å². The van der Waals surface area contributed by atoms with Crippen LogP contribution in [0.2, 0.25) is 0 Å². The maximum atomic E-state index is 13.9. The molecule has 7 heteroatoms. The van der Waals surface area contributed by atoms with Crippen LogP contribution in [-0.4, -0.2) is 29.0 Å². The van der Waals surface area contributed by atoms with Crippen LogP contribution in [-0.2, 0) is 14.3 Å². The molecule has 2 saturated heterocycles. The van der Waals surface area contributed by atoms with Crippen LogP contribution in [0.4, 0.5) is 5.69 Å². The minimum Gasteiger partial charge on any atom is -0.349 e. The number of aryl methyl sites for hydroxylation is 1. The molecule has 0 aromatic heterocycles. The van der Waals surface area contributed by atoms with Crippen molar-refractivity contribution in [3.63, 3.8) is 0 Å². The molecule has 34 heavy (non-hydrogen) atoms. The Kier molecular flexibility index (Phi) is 4.53. The fourth-order valence-corrected chi connectivity index (χ4v) is 5.91. The Morgan fingerprint density at radius 3 is 2.00 bits per heavy atom. The summed E-state index contributed by atoms with van der Waals surface area (Å²) in [6.07, 6.45) is -0.920. The predicted octanol–water partition coefficient (Wildman–Crippen LogP) is 4.45. The summed E-state index contributed by atoms with van der Waals surface area (Å²) in [5.41, 5.74) is 0.402. The molecule has 0 radical (unpaired) electrons. The number of amides is 2. The molecule has 0 bridgehead atoms. The fraction of sp³-hybridized carbons (Fsp3) is 0.185. The molecule has 0 N–H and O–H groups in total. The summed E-state index contributed by atoms with van der Waals surface area (Å²) in [7, 11) is 0. The SMILES string of the molecule is Cc1ccc([C@@H]2OC3(C(=O)c4ccccc4C3=O)[C@@H]3C(=O)N(c4ccccc4Br)C(=O)[C@H]32)cc1. The number of halogens is 1. The Morgan fingerprint density at radius 2 is 1.38 bits per heavy atom. The number of benzene rings is 3. The summed E-state index contributed by atoms with van der Waals surface area (Å²) in [5, 5.41) is 0. The van der Waals surface area contributed by atoms with Crippen molar-refractivity contribution in [1.29, 1.82) is 0 Å². The topological polar surface area (TPSA) is 80.8 Å². The standard InChI is InChI=1S/C27H18BrNO5/c1-14-10-12-15(13-11-14)22-20-21(26(33)29(25(20)32)19-9-5-4-8-18(19)28)27(34-22)23(30)16-6-2-3-7-17(16)24(27)31/h2-13,20-22H,1H3/t20-,21+,22+/m1/s1. The van der Waals surface area contributed by atoms with Crippen molar-refractivity contribution < 1.29 is 23.9 Å². The van der Waals surface area contributed by atoms with Crippen LogP contribution in [0.5, 0.6) is 0 Å². The van der Waals surface area contributed by atoms with Crippen LogP contribution < -0.4 is 4.90 Å². The number of para-hydroxylation sites is 1. The molecule has 1 aliphatic carbocycles. The molecule has 3 aromatic rings. The van der Waals surface area contributed by atoms with Crippen molar-refractivity contribution in [2.24, 2.45) is 11.8 Å². The monoisotopic (exact) mass is 515 g/mol. The Morgan fingerprint density at radius 1 is 0.794 bits per heavy atom. The zero-order valence-corrected chi connectivity index (χ0v) is 19.6. The minimum atomic E-state index is -2.06. The average Bonchev–Trinajstić information content (AvgIpc) is 3.40. The number of nitrogens with zero attached hydrogens (tertiary/aromatic N) is 1. The molecule has 2 amide bonds. The molecule has 2 fully saturated rings. The van der Waals surface area contributed by atoms with E-state index in [2.05, 4.69) is 15.9 Å². The molecule has 6 nitrogen and oxygen atoms in total. The number of rotatable bonds is 2. The Hall–Kier alpha value is -3.42. The normalized spacial score (nSPS) is 24.8. The largest absolute Gasteiger partial charge is 0.349 e. The summed E-state index contributed by atoms with van der Waals surface area (Å²) in [5.74, 6) is -4.48. The predicted molar refractivity (Wildman–Crippen MR) is 126 cm³/mol. The molecule has 168 valence electrons. The minimum absolute atomic E-state index is 0.218. The number of imide groups is 1. The second-order valence-electron chi connectivity index (χ2n) is 8.86. The molecular weight excluding hydrogens is 498 g/mol. The van der Waals surface area contributed by atoms with Crippen molar-refractivity contribution in [1.82, 2.24) is 0 Å². The van der Waals surface area contributed by atoms with E-state index in [0.29, 0.717) is 15.7 Å². The maximum Gasteiger partial charge on any atom is 0.241 e. The first-order valence-electron chi connectivity index (χ1n) is 10.9. The van der Waals surface area contributed by atoms with Crippen molar-refractivity contribution >= 4 is 45.0 Å². The third-order valence-corrected chi connectivity index (χ3v) is 7.69. The van der Waals surface area contributed by atoms with Gasteiger partial charge in [-0.3, -0.25) is 19.2 Å². The van der Waals surface area contributed by atoms with E-state index in [4.69, 9.17) is 4.74 Å². The van der Waals surface area contributed by atoms with Gasteiger partial charge >= 0.3 is 0 Å². The fourth-order valence-electron chi connectivity index (χ4n) is 5.44. The second-order valence-corrected chi connectivity index (χ2v) is 9.71. The highest BCUT2D eigenvalue weighted by molar-refractivity contribution is 9.10. The third kappa shape index (κ3) is 2.59. The van der Waals surface area contributed by atoms with Crippen LogP contribution in [0.15, 0.2) is 77.3 Å². The van der Waals surface area contributed by atoms with Crippen molar-refractivity contribution in [3.05, 3.63) is 99.5 Å². The molecule has 0 unspecified atom stereocenters. The lowest BCUT2D eigenvalue weighted by Crippen LogP contribution is -2.51. The Bertz CT molecular complexity index is 1380. The molecule has 3 atom stereocenters. The number of ether oxygens (including phenoxy) is 1. The van der Waals surface area contributed by atoms with E-state index < -0.39 is 46.9 Å². The van der Waals surface area contributed by atoms with Crippen molar-refractivity contribution in [2.75, 3.05) is 4.90 Å². The molecule has 6 rings (SSSR count). The number of hydrogen-bond acceptors (Lipinski definition) is 5. The summed E-state index contributed by atoms with van der Waals surface area (Å²) in [4.78, 5) is 56.2. The highest BCUT2D eigenvalue weighted by Gasteiger charge is 2.74. The van der Waals surface area contributed by atoms with Crippen molar-refractivity contribution in [3.8, 4) is 0 Å². The first kappa shape index (κ1) is 21.1. The highest BCUT2D eigenvalue weighted by atomic mass is 79.9. The number of carbonyl (C=O) groups is 4. The third-order valence-electron chi connectivity index (χ3n) is 7.02. The molecule has 2 aliphatic heterocycles. The van der Waals surface area contributed by atoms with Crippen LogP contribution in [0.1, 0.15) is 37.9 Å². The van der Waals surface area contributed by atoms with Crippen LogP contribution in [0.25, 0.3) is 0 Å². The summed E-state index contributed by atoms with van der Waals surface area (Å²) < 4.78 is 6.85. The summed E-state index contributed by atoms with van der Waals surface area (Å²) >= 11 is 3.42. The smallest absolute Gasteiger partial charge is 0.241 e. The van der Waals surface area contributed by atoms with Gasteiger partial charge in [0.25, 0.3) is 0 Å². The number of Topliss-reactive ketones (excluding diaryl/α,β-unsaturated/α-hetero) is 2. The average molecular weight is 516 g/mol. The molecule has 3 aliphatic rings. The molecule has 2 heterocycles. The molecule has 3 aromatic carbocycles. The van der Waals surface area contributed by atoms with Crippen LogP contribution >= 0.6 is 15.9 Å². The van der Waals surface area contributed by atoms with Crippen LogP contribution in [0, 0.1) is 18.8 Å². The summed E-state index contributed by atoms with van der Waals surface area (Å²) in [6.45, 7) is 1.93. The van der Waals surface area contributed by atoms with E-state index in [1.807, 2.05) is 31.2 Å². The van der Waals surface area contributed by atoms with Crippen LogP contribution in [0.3, 0.4) is 0 Å². The zero-order valence-electron chi connectivity index (χ0n) is 18.0. The first-order valence-corrected chi connectivity index (χ1v) is 11.7. The van der Waals surface area contributed by atoms with Gasteiger partial charge in [-0.25, -0.2) is 4.90 Å². The van der Waals surface area contributed by atoms with Gasteiger partial charge in [0.1, 0.15) is 0 Å². The van der Waals surface area contributed by atoms with Gasteiger partial charge in [0, 0.05) is 15.6 Å². The second kappa shape index (κ2) is 7.29. The van der Waals surface area contributed by atoms with Gasteiger partial charge < -0.3 is 4.74 Å². The van der Waals surface area contributed by atoms with Gasteiger partial charge in [0.15, 0.2) is 0 Å². The Balaban J connectivity index is 1.56. The van der Waals surface area contributed by atoms with E-state index in [1.54, 1.807) is 48.5 Å². The van der Waals surface area contributed by atoms with Gasteiger partial charge in [0.2, 0.25) is 29.0 Å². The zero-order chi connectivity index (χ0) is 23.8. The number of ketones is 2. The number of anilines is 1. The lowest BCUT2D eigenvalue weighted by atomic mass is 9.77. The lowest BCUT2D eigenvalue weighted by molar-refractivity contribution is -0.127. The number of carbonyl (C=O) groups excluding carboxylic acids is 4. The summed E-state index contributed by atoms with van der Waals surface area (Å²) in [6, 6.07) is 20.7. The van der Waals surface area contributed by atoms with Gasteiger partial charge in [-0.15, -0.1) is 0 Å². The van der Waals surface area contributed by atoms with E-state index in [0.717, 1.165) is 10.5 Å². The molecule has 0 saturated carbocycles. The van der Waals surface area contributed by atoms with E-state index in [-0.39, 0.29) is 11.1 Å². The van der Waals surface area contributed by atoms with Gasteiger partial charge in [0.05, 0.1) is 23.6 Å². The Labute approximate surface area is 203 Å². The quantitative estimate of drug-likeness (QED) is 0.372. The molecular formula is C27H18BrNO5. The van der Waals surface area contributed by atoms with Gasteiger partial charge in [-0.05, 0) is 40.5 Å². The van der Waals surface area contributed by atoms with E-state index in [9.17, 15) is 19.2 Å². The number of fused-ring (bicyclic) bond motifs is 3. The highest BCUT2D eigenvalue weighted by Crippen LogP contribution is 2.58. The first-order chi connectivity index (χ1) is 16.4. The van der Waals surface area contributed by atoms with E-state index >= 15 is 0 Å². The maximum absolute atomic E-state index is 13.9. The lowest BCUT2D eigenvalue weighted by Gasteiger charge is -2.27. The number of hydrogen-bond donors (Lipinski definition) is 0. The van der Waals surface area contributed by atoms with Gasteiger partial charge in [-0.2, -0.15) is 0 Å². The molecule has 1 spiro atoms. The van der Waals surface area contributed by atoms with Crippen molar-refractivity contribution in [2.45, 2.75) is 18.6 Å².